The molecule has 0 saturated heterocycles. The first-order valence-electron chi connectivity index (χ1n) is 8.69. The fourth-order valence-corrected chi connectivity index (χ4v) is 3.77. The predicted molar refractivity (Wildman–Crippen MR) is 97.9 cm³/mol. The van der Waals surface area contributed by atoms with E-state index in [0.29, 0.717) is 5.41 Å². The summed E-state index contributed by atoms with van der Waals surface area (Å²) >= 11 is 0. The zero-order chi connectivity index (χ0) is 16.0. The summed E-state index contributed by atoms with van der Waals surface area (Å²) in [7, 11) is 0. The van der Waals surface area contributed by atoms with E-state index in [9.17, 15) is 0 Å². The van der Waals surface area contributed by atoms with Crippen molar-refractivity contribution in [3.05, 3.63) is 54.1 Å². The highest BCUT2D eigenvalue weighted by molar-refractivity contribution is 5.46. The Morgan fingerprint density at radius 1 is 1.09 bits per heavy atom. The second-order valence-corrected chi connectivity index (χ2v) is 7.10. The maximum atomic E-state index is 6.08. The van der Waals surface area contributed by atoms with Gasteiger partial charge < -0.3 is 5.73 Å². The molecule has 0 aliphatic heterocycles. The van der Waals surface area contributed by atoms with E-state index in [-0.39, 0.29) is 0 Å². The van der Waals surface area contributed by atoms with E-state index < -0.39 is 0 Å². The Morgan fingerprint density at radius 2 is 1.77 bits per heavy atom. The van der Waals surface area contributed by atoms with Crippen molar-refractivity contribution < 1.29 is 0 Å². The molecule has 0 atom stereocenters. The second-order valence-electron chi connectivity index (χ2n) is 7.10. The van der Waals surface area contributed by atoms with Crippen LogP contribution in [0.2, 0.25) is 0 Å². The van der Waals surface area contributed by atoms with Gasteiger partial charge in [-0.25, -0.2) is 0 Å². The van der Waals surface area contributed by atoms with Gasteiger partial charge in [0.2, 0.25) is 0 Å². The van der Waals surface area contributed by atoms with Crippen LogP contribution in [0.25, 0.3) is 0 Å². The van der Waals surface area contributed by atoms with Crippen molar-refractivity contribution in [2.24, 2.45) is 5.41 Å². The molecule has 120 valence electrons. The molecular weight excluding hydrogens is 266 g/mol. The van der Waals surface area contributed by atoms with Crippen LogP contribution < -0.4 is 5.73 Å². The van der Waals surface area contributed by atoms with Crippen molar-refractivity contribution in [1.29, 1.82) is 0 Å². The Morgan fingerprint density at radius 3 is 2.41 bits per heavy atom. The highest BCUT2D eigenvalue weighted by atomic mass is 14.6. The zero-order valence-electron chi connectivity index (χ0n) is 14.2. The lowest BCUT2D eigenvalue weighted by Crippen LogP contribution is -2.26. The van der Waals surface area contributed by atoms with Gasteiger partial charge >= 0.3 is 0 Å². The molecule has 1 fully saturated rings. The van der Waals surface area contributed by atoms with Crippen molar-refractivity contribution in [1.82, 2.24) is 0 Å². The molecule has 1 aliphatic rings. The summed E-state index contributed by atoms with van der Waals surface area (Å²) in [5.41, 5.74) is 11.3. The monoisotopic (exact) mass is 297 g/mol. The van der Waals surface area contributed by atoms with Crippen LogP contribution in [0.5, 0.6) is 0 Å². The van der Waals surface area contributed by atoms with Crippen molar-refractivity contribution in [2.45, 2.75) is 64.7 Å². The van der Waals surface area contributed by atoms with Crippen LogP contribution >= 0.6 is 0 Å². The van der Waals surface area contributed by atoms with Gasteiger partial charge in [-0.05, 0) is 62.5 Å². The first-order valence-corrected chi connectivity index (χ1v) is 8.69. The summed E-state index contributed by atoms with van der Waals surface area (Å²) in [6.07, 6.45) is 11.1. The maximum absolute atomic E-state index is 6.08. The SMILES string of the molecule is C=C(C)CCC1(C(=C)CCc2ccccc2N)CCCCC1. The molecule has 1 aromatic carbocycles. The Labute approximate surface area is 136 Å². The van der Waals surface area contributed by atoms with Gasteiger partial charge in [0.25, 0.3) is 0 Å². The summed E-state index contributed by atoms with van der Waals surface area (Å²) in [4.78, 5) is 0. The van der Waals surface area contributed by atoms with Gasteiger partial charge in [0.05, 0.1) is 0 Å². The van der Waals surface area contributed by atoms with Gasteiger partial charge in [-0.2, -0.15) is 0 Å². The molecule has 0 unspecified atom stereocenters. The minimum absolute atomic E-state index is 0.348. The van der Waals surface area contributed by atoms with E-state index in [1.54, 1.807) is 0 Å². The van der Waals surface area contributed by atoms with Gasteiger partial charge in [-0.1, -0.05) is 55.2 Å². The minimum atomic E-state index is 0.348. The number of para-hydroxylation sites is 1. The van der Waals surface area contributed by atoms with Crippen molar-refractivity contribution >= 4 is 5.69 Å². The summed E-state index contributed by atoms with van der Waals surface area (Å²) in [5, 5.41) is 0. The van der Waals surface area contributed by atoms with Crippen LogP contribution in [0, 0.1) is 5.41 Å². The fraction of sp³-hybridized carbons (Fsp3) is 0.524. The fourth-order valence-electron chi connectivity index (χ4n) is 3.77. The molecule has 1 aliphatic carbocycles. The average Bonchev–Trinajstić information content (AvgIpc) is 2.53. The molecule has 2 N–H and O–H groups in total. The minimum Gasteiger partial charge on any atom is -0.399 e. The summed E-state index contributed by atoms with van der Waals surface area (Å²) in [6.45, 7) is 10.7. The topological polar surface area (TPSA) is 26.0 Å². The van der Waals surface area contributed by atoms with Crippen LogP contribution in [-0.4, -0.2) is 0 Å². The number of anilines is 1. The highest BCUT2D eigenvalue weighted by Gasteiger charge is 2.33. The molecule has 22 heavy (non-hydrogen) atoms. The molecule has 1 heteroatoms. The summed E-state index contributed by atoms with van der Waals surface area (Å²) < 4.78 is 0. The van der Waals surface area contributed by atoms with Crippen LogP contribution in [0.3, 0.4) is 0 Å². The second kappa shape index (κ2) is 7.67. The molecule has 0 bridgehead atoms. The lowest BCUT2D eigenvalue weighted by atomic mass is 9.65. The largest absolute Gasteiger partial charge is 0.399 e. The number of nitrogens with two attached hydrogens (primary N) is 1. The number of allylic oxidation sites excluding steroid dienone is 2. The first kappa shape index (κ1) is 16.9. The Kier molecular flexibility index (Phi) is 5.88. The highest BCUT2D eigenvalue weighted by Crippen LogP contribution is 2.47. The quantitative estimate of drug-likeness (QED) is 0.480. The van der Waals surface area contributed by atoms with Crippen LogP contribution in [-0.2, 0) is 6.42 Å². The van der Waals surface area contributed by atoms with Gasteiger partial charge in [-0.15, -0.1) is 6.58 Å². The molecule has 0 amide bonds. The molecule has 1 nitrogen and oxygen atoms in total. The van der Waals surface area contributed by atoms with Crippen LogP contribution in [0.4, 0.5) is 5.69 Å². The van der Waals surface area contributed by atoms with Crippen molar-refractivity contribution in [3.63, 3.8) is 0 Å². The number of rotatable bonds is 7. The average molecular weight is 297 g/mol. The molecule has 0 aromatic heterocycles. The van der Waals surface area contributed by atoms with Crippen molar-refractivity contribution in [3.8, 4) is 0 Å². The van der Waals surface area contributed by atoms with Gasteiger partial charge in [0, 0.05) is 5.69 Å². The molecular formula is C21H31N. The standard InChI is InChI=1S/C21H31N/c1-17(2)13-16-21(14-7-4-8-15-21)18(3)11-12-19-9-5-6-10-20(19)22/h5-6,9-10H,1,3-4,7-8,11-16,22H2,2H3. The van der Waals surface area contributed by atoms with Gasteiger partial charge in [0.1, 0.15) is 0 Å². The third-order valence-electron chi connectivity index (χ3n) is 5.34. The number of hydrogen-bond donors (Lipinski definition) is 1. The lowest BCUT2D eigenvalue weighted by Gasteiger charge is -2.40. The molecule has 1 saturated carbocycles. The van der Waals surface area contributed by atoms with Gasteiger partial charge in [0.15, 0.2) is 0 Å². The molecule has 1 aromatic rings. The van der Waals surface area contributed by atoms with E-state index >= 15 is 0 Å². The van der Waals surface area contributed by atoms with Crippen LogP contribution in [0.15, 0.2) is 48.6 Å². The number of benzene rings is 1. The summed E-state index contributed by atoms with van der Waals surface area (Å²) in [6, 6.07) is 8.22. The Hall–Kier alpha value is -1.50. The smallest absolute Gasteiger partial charge is 0.0346 e. The Balaban J connectivity index is 2.02. The van der Waals surface area contributed by atoms with E-state index in [0.717, 1.165) is 24.9 Å². The number of hydrogen-bond acceptors (Lipinski definition) is 1. The van der Waals surface area contributed by atoms with E-state index in [4.69, 9.17) is 5.73 Å². The molecule has 2 rings (SSSR count). The van der Waals surface area contributed by atoms with E-state index in [1.807, 2.05) is 12.1 Å². The van der Waals surface area contributed by atoms with E-state index in [1.165, 1.54) is 55.2 Å². The number of aryl methyl sites for hydroxylation is 1. The molecule has 0 heterocycles. The van der Waals surface area contributed by atoms with Crippen LogP contribution in [0.1, 0.15) is 63.9 Å². The predicted octanol–water partition coefficient (Wildman–Crippen LogP) is 6.06. The van der Waals surface area contributed by atoms with Crippen molar-refractivity contribution in [2.75, 3.05) is 5.73 Å². The Bertz CT molecular complexity index is 520. The molecule has 0 spiro atoms. The summed E-state index contributed by atoms with van der Waals surface area (Å²) in [5.74, 6) is 0. The van der Waals surface area contributed by atoms with E-state index in [2.05, 4.69) is 32.2 Å². The lowest BCUT2D eigenvalue weighted by molar-refractivity contribution is 0.216. The normalized spacial score (nSPS) is 17.1. The third-order valence-corrected chi connectivity index (χ3v) is 5.34. The number of nitrogen functional groups attached to an aromatic ring is 1. The maximum Gasteiger partial charge on any atom is 0.0346 e. The van der Waals surface area contributed by atoms with Gasteiger partial charge in [-0.3, -0.25) is 0 Å². The molecule has 0 radical (unpaired) electrons. The zero-order valence-corrected chi connectivity index (χ0v) is 14.2. The third kappa shape index (κ3) is 4.25. The first-order chi connectivity index (χ1) is 10.5.